The number of nitrogens with two attached hydrogens (primary N) is 1. The molecule has 0 spiro atoms. The summed E-state index contributed by atoms with van der Waals surface area (Å²) in [6.45, 7) is 3.23. The largest absolute Gasteiger partial charge is 0.326 e. The van der Waals surface area contributed by atoms with Crippen LogP contribution in [0.15, 0.2) is 50.4 Å². The minimum atomic E-state index is -3.66. The second-order valence-electron chi connectivity index (χ2n) is 5.07. The number of benzene rings is 1. The van der Waals surface area contributed by atoms with Crippen LogP contribution in [-0.2, 0) is 26.2 Å². The lowest BCUT2D eigenvalue weighted by molar-refractivity contribution is 0.590. The second-order valence-corrected chi connectivity index (χ2v) is 10.5. The Morgan fingerprint density at radius 3 is 2.04 bits per heavy atom. The van der Waals surface area contributed by atoms with Gasteiger partial charge in [0.05, 0.1) is 15.5 Å². The Bertz CT molecular complexity index is 895. The Labute approximate surface area is 170 Å². The summed E-state index contributed by atoms with van der Waals surface area (Å²) in [5, 5.41) is 2.96. The van der Waals surface area contributed by atoms with Crippen molar-refractivity contribution in [2.75, 3.05) is 18.8 Å². The van der Waals surface area contributed by atoms with E-state index < -0.39 is 19.7 Å². The van der Waals surface area contributed by atoms with Crippen LogP contribution in [0, 0.1) is 0 Å². The fourth-order valence-corrected chi connectivity index (χ4v) is 5.89. The maximum absolute atomic E-state index is 12.5. The highest BCUT2D eigenvalue weighted by Gasteiger charge is 2.21. The van der Waals surface area contributed by atoms with Crippen LogP contribution in [0.5, 0.6) is 0 Å². The Balaban J connectivity index is 0.00000312. The molecule has 0 amide bonds. The Morgan fingerprint density at radius 1 is 0.962 bits per heavy atom. The van der Waals surface area contributed by atoms with Gasteiger partial charge in [-0.05, 0) is 42.9 Å². The molecule has 148 valence electrons. The van der Waals surface area contributed by atoms with Gasteiger partial charge in [0, 0.05) is 18.0 Å². The first-order chi connectivity index (χ1) is 11.3. The summed E-state index contributed by atoms with van der Waals surface area (Å²) >= 11 is 1.12. The van der Waals surface area contributed by atoms with E-state index in [-0.39, 0.29) is 51.1 Å². The van der Waals surface area contributed by atoms with Crippen molar-refractivity contribution in [1.29, 1.82) is 0 Å². The first kappa shape index (κ1) is 25.3. The van der Waals surface area contributed by atoms with Gasteiger partial charge in [0.2, 0.25) is 9.84 Å². The molecule has 6 nitrogen and oxygen atoms in total. The van der Waals surface area contributed by atoms with E-state index in [1.54, 1.807) is 6.07 Å². The number of rotatable bonds is 8. The highest BCUT2D eigenvalue weighted by atomic mass is 35.5. The van der Waals surface area contributed by atoms with Crippen LogP contribution in [0.2, 0.25) is 0 Å². The molecule has 2 aromatic rings. The molecule has 3 N–H and O–H groups in total. The topological polar surface area (TPSA) is 106 Å². The van der Waals surface area contributed by atoms with Crippen LogP contribution in [-0.4, -0.2) is 35.7 Å². The van der Waals surface area contributed by atoms with E-state index in [4.69, 9.17) is 5.73 Å². The molecule has 0 saturated heterocycles. The predicted molar refractivity (Wildman–Crippen MR) is 109 cm³/mol. The quantitative estimate of drug-likeness (QED) is 0.585. The van der Waals surface area contributed by atoms with Crippen LogP contribution >= 0.6 is 36.2 Å². The summed E-state index contributed by atoms with van der Waals surface area (Å²) in [6.07, 6.45) is 0. The first-order valence-corrected chi connectivity index (χ1v) is 11.3. The summed E-state index contributed by atoms with van der Waals surface area (Å²) in [5.41, 5.74) is 5.51. The summed E-state index contributed by atoms with van der Waals surface area (Å²) in [7, 11) is -7.09. The molecule has 0 fully saturated rings. The number of hydrogen-bond donors (Lipinski definition) is 2. The zero-order valence-corrected chi connectivity index (χ0v) is 18.1. The van der Waals surface area contributed by atoms with Gasteiger partial charge in [0.25, 0.3) is 0 Å². The lowest BCUT2D eigenvalue weighted by Gasteiger charge is -2.07. The van der Waals surface area contributed by atoms with Gasteiger partial charge in [0.1, 0.15) is 4.21 Å². The SMILES string of the molecule is CCNCCS(=O)(=O)c1ccc(S(=O)(=O)c2ccc(CN)s2)cc1.Cl.Cl. The molecular formula is C15H22Cl2N2O4S3. The molecule has 0 atom stereocenters. The summed E-state index contributed by atoms with van der Waals surface area (Å²) < 4.78 is 49.6. The lowest BCUT2D eigenvalue weighted by atomic mass is 10.4. The molecule has 0 unspecified atom stereocenters. The monoisotopic (exact) mass is 460 g/mol. The van der Waals surface area contributed by atoms with Crippen molar-refractivity contribution in [2.45, 2.75) is 27.5 Å². The molecule has 11 heteroatoms. The molecule has 1 aromatic carbocycles. The fraction of sp³-hybridized carbons (Fsp3) is 0.333. The number of sulfone groups is 2. The molecule has 0 saturated carbocycles. The van der Waals surface area contributed by atoms with Crippen LogP contribution in [0.25, 0.3) is 0 Å². The average Bonchev–Trinajstić information content (AvgIpc) is 3.05. The van der Waals surface area contributed by atoms with Gasteiger partial charge >= 0.3 is 0 Å². The molecule has 0 aliphatic heterocycles. The van der Waals surface area contributed by atoms with Crippen molar-refractivity contribution in [3.8, 4) is 0 Å². The highest BCUT2D eigenvalue weighted by molar-refractivity contribution is 7.93. The molecule has 0 bridgehead atoms. The van der Waals surface area contributed by atoms with Gasteiger partial charge in [0.15, 0.2) is 9.84 Å². The van der Waals surface area contributed by atoms with Crippen molar-refractivity contribution in [3.63, 3.8) is 0 Å². The van der Waals surface area contributed by atoms with Crippen molar-refractivity contribution in [3.05, 3.63) is 41.3 Å². The number of thiophene rings is 1. The first-order valence-electron chi connectivity index (χ1n) is 7.38. The zero-order chi connectivity index (χ0) is 17.8. The van der Waals surface area contributed by atoms with Crippen molar-refractivity contribution < 1.29 is 16.8 Å². The van der Waals surface area contributed by atoms with E-state index in [9.17, 15) is 16.8 Å². The molecule has 1 aromatic heterocycles. The van der Waals surface area contributed by atoms with Crippen molar-refractivity contribution >= 4 is 55.8 Å². The normalized spacial score (nSPS) is 11.5. The molecule has 2 rings (SSSR count). The lowest BCUT2D eigenvalue weighted by Crippen LogP contribution is -2.22. The summed E-state index contributed by atoms with van der Waals surface area (Å²) in [5.74, 6) is -0.0300. The molecule has 26 heavy (non-hydrogen) atoms. The second kappa shape index (κ2) is 10.6. The standard InChI is InChI=1S/C15H20N2O4S3.2ClH/c1-2-17-9-10-23(18,19)13-4-6-14(7-5-13)24(20,21)15-8-3-12(11-16)22-15;;/h3-8,17H,2,9-11,16H2,1H3;2*1H. The van der Waals surface area contributed by atoms with Crippen LogP contribution in [0.3, 0.4) is 0 Å². The third-order valence-electron chi connectivity index (χ3n) is 3.39. The van der Waals surface area contributed by atoms with E-state index in [1.165, 1.54) is 30.3 Å². The fourth-order valence-electron chi connectivity index (χ4n) is 2.06. The molecular weight excluding hydrogens is 439 g/mol. The highest BCUT2D eigenvalue weighted by Crippen LogP contribution is 2.28. The van der Waals surface area contributed by atoms with Gasteiger partial charge in [-0.3, -0.25) is 0 Å². The zero-order valence-electron chi connectivity index (χ0n) is 14.0. The van der Waals surface area contributed by atoms with Gasteiger partial charge in [-0.25, -0.2) is 16.8 Å². The van der Waals surface area contributed by atoms with E-state index in [1.807, 2.05) is 6.92 Å². The van der Waals surface area contributed by atoms with Crippen molar-refractivity contribution in [2.24, 2.45) is 5.73 Å². The minimum absolute atomic E-state index is 0. The van der Waals surface area contributed by atoms with Gasteiger partial charge < -0.3 is 11.1 Å². The minimum Gasteiger partial charge on any atom is -0.326 e. The van der Waals surface area contributed by atoms with Crippen LogP contribution in [0.1, 0.15) is 11.8 Å². The predicted octanol–water partition coefficient (Wildman–Crippen LogP) is 2.27. The number of nitrogens with one attached hydrogen (secondary N) is 1. The molecule has 0 aliphatic carbocycles. The average molecular weight is 461 g/mol. The summed E-state index contributed by atoms with van der Waals surface area (Å²) in [4.78, 5) is 0.961. The Kier molecular flexibility index (Phi) is 10.3. The van der Waals surface area contributed by atoms with E-state index in [0.717, 1.165) is 16.2 Å². The third-order valence-corrected chi connectivity index (χ3v) is 8.49. The number of halogens is 2. The molecule has 0 aliphatic rings. The third kappa shape index (κ3) is 5.91. The van der Waals surface area contributed by atoms with E-state index in [0.29, 0.717) is 13.1 Å². The molecule has 0 radical (unpaired) electrons. The van der Waals surface area contributed by atoms with Crippen LogP contribution in [0.4, 0.5) is 0 Å². The Morgan fingerprint density at radius 2 is 1.54 bits per heavy atom. The van der Waals surface area contributed by atoms with Gasteiger partial charge in [-0.1, -0.05) is 6.92 Å². The van der Waals surface area contributed by atoms with Gasteiger partial charge in [-0.2, -0.15) is 0 Å². The van der Waals surface area contributed by atoms with Crippen LogP contribution < -0.4 is 11.1 Å². The Hall–Kier alpha value is -0.680. The number of hydrogen-bond acceptors (Lipinski definition) is 7. The van der Waals surface area contributed by atoms with E-state index >= 15 is 0 Å². The smallest absolute Gasteiger partial charge is 0.215 e. The maximum atomic E-state index is 12.5. The summed E-state index contributed by atoms with van der Waals surface area (Å²) in [6, 6.07) is 8.53. The maximum Gasteiger partial charge on any atom is 0.215 e. The van der Waals surface area contributed by atoms with Gasteiger partial charge in [-0.15, -0.1) is 36.2 Å². The van der Waals surface area contributed by atoms with E-state index in [2.05, 4.69) is 5.32 Å². The molecule has 1 heterocycles. The van der Waals surface area contributed by atoms with Crippen molar-refractivity contribution in [1.82, 2.24) is 5.32 Å².